The van der Waals surface area contributed by atoms with Crippen molar-refractivity contribution in [3.63, 3.8) is 0 Å². The molecule has 4 nitrogen and oxygen atoms in total. The van der Waals surface area contributed by atoms with E-state index in [2.05, 4.69) is 37.4 Å². The first-order valence-corrected chi connectivity index (χ1v) is 8.01. The summed E-state index contributed by atoms with van der Waals surface area (Å²) in [4.78, 5) is 25.5. The fourth-order valence-electron chi connectivity index (χ4n) is 2.91. The molecule has 1 aromatic carbocycles. The van der Waals surface area contributed by atoms with Crippen molar-refractivity contribution in [3.05, 3.63) is 34.9 Å². The summed E-state index contributed by atoms with van der Waals surface area (Å²) in [6, 6.07) is 6.32. The summed E-state index contributed by atoms with van der Waals surface area (Å²) in [5.74, 6) is 0.223. The average molecular weight is 302 g/mol. The third-order valence-corrected chi connectivity index (χ3v) is 4.70. The minimum Gasteiger partial charge on any atom is -0.349 e. The number of aryl methyl sites for hydroxylation is 2. The van der Waals surface area contributed by atoms with Gasteiger partial charge in [-0.15, -0.1) is 0 Å². The van der Waals surface area contributed by atoms with Crippen molar-refractivity contribution >= 4 is 11.8 Å². The van der Waals surface area contributed by atoms with Crippen molar-refractivity contribution in [1.82, 2.24) is 10.2 Å². The number of rotatable bonds is 3. The Bertz CT molecular complexity index is 560. The Morgan fingerprint density at radius 3 is 2.36 bits per heavy atom. The van der Waals surface area contributed by atoms with Crippen LogP contribution in [0, 0.1) is 19.8 Å². The number of nitrogens with zero attached hydrogens (tertiary/aromatic N) is 1. The fraction of sp³-hybridized carbons (Fsp3) is 0.556. The van der Waals surface area contributed by atoms with Crippen molar-refractivity contribution in [1.29, 1.82) is 0 Å². The first-order valence-electron chi connectivity index (χ1n) is 8.01. The molecule has 1 aliphatic heterocycles. The van der Waals surface area contributed by atoms with E-state index in [1.807, 2.05) is 11.8 Å². The van der Waals surface area contributed by atoms with Crippen molar-refractivity contribution in [3.8, 4) is 0 Å². The molecule has 0 saturated carbocycles. The zero-order valence-electron chi connectivity index (χ0n) is 14.0. The highest BCUT2D eigenvalue weighted by molar-refractivity contribution is 5.80. The molecular formula is C18H26N2O2. The molecule has 1 heterocycles. The van der Waals surface area contributed by atoms with E-state index in [0.717, 1.165) is 18.4 Å². The van der Waals surface area contributed by atoms with Crippen LogP contribution in [-0.4, -0.2) is 29.8 Å². The summed E-state index contributed by atoms with van der Waals surface area (Å²) in [5.41, 5.74) is 3.64. The van der Waals surface area contributed by atoms with Gasteiger partial charge in [0, 0.05) is 25.9 Å². The molecule has 4 heteroatoms. The van der Waals surface area contributed by atoms with Crippen molar-refractivity contribution in [2.24, 2.45) is 5.92 Å². The first kappa shape index (κ1) is 16.5. The summed E-state index contributed by atoms with van der Waals surface area (Å²) < 4.78 is 0. The second-order valence-electron chi connectivity index (χ2n) is 6.35. The molecule has 1 aliphatic rings. The predicted octanol–water partition coefficient (Wildman–Crippen LogP) is 2.74. The summed E-state index contributed by atoms with van der Waals surface area (Å²) in [6.07, 6.45) is 1.51. The maximum Gasteiger partial charge on any atom is 0.223 e. The summed E-state index contributed by atoms with van der Waals surface area (Å²) in [5, 5.41) is 3.11. The molecule has 1 saturated heterocycles. The number of nitrogens with one attached hydrogen (secondary N) is 1. The number of benzene rings is 1. The van der Waals surface area contributed by atoms with E-state index in [0.29, 0.717) is 13.1 Å². The Morgan fingerprint density at radius 2 is 1.82 bits per heavy atom. The van der Waals surface area contributed by atoms with E-state index in [4.69, 9.17) is 0 Å². The highest BCUT2D eigenvalue weighted by atomic mass is 16.2. The SMILES string of the molecule is CC(=O)N1CCC(C(=O)N[C@H](C)c2ccc(C)c(C)c2)CC1. The second-order valence-corrected chi connectivity index (χ2v) is 6.35. The number of amides is 2. The highest BCUT2D eigenvalue weighted by Crippen LogP contribution is 2.21. The van der Waals surface area contributed by atoms with Gasteiger partial charge in [0.15, 0.2) is 0 Å². The third kappa shape index (κ3) is 3.87. The van der Waals surface area contributed by atoms with E-state index in [1.54, 1.807) is 6.92 Å². The van der Waals surface area contributed by atoms with Crippen LogP contribution in [0.2, 0.25) is 0 Å². The van der Waals surface area contributed by atoms with Gasteiger partial charge in [0.1, 0.15) is 0 Å². The van der Waals surface area contributed by atoms with Crippen molar-refractivity contribution in [2.75, 3.05) is 13.1 Å². The lowest BCUT2D eigenvalue weighted by molar-refractivity contribution is -0.134. The number of hydrogen-bond acceptors (Lipinski definition) is 2. The number of carbonyl (C=O) groups is 2. The van der Waals surface area contributed by atoms with Crippen LogP contribution in [0.3, 0.4) is 0 Å². The largest absolute Gasteiger partial charge is 0.349 e. The van der Waals surface area contributed by atoms with E-state index in [1.165, 1.54) is 11.1 Å². The minimum atomic E-state index is 0.0117. The van der Waals surface area contributed by atoms with Gasteiger partial charge in [-0.25, -0.2) is 0 Å². The van der Waals surface area contributed by atoms with Crippen LogP contribution >= 0.6 is 0 Å². The van der Waals surface area contributed by atoms with Crippen LogP contribution in [0.5, 0.6) is 0 Å². The van der Waals surface area contributed by atoms with Crippen molar-refractivity contribution in [2.45, 2.75) is 46.6 Å². The van der Waals surface area contributed by atoms with E-state index in [9.17, 15) is 9.59 Å². The molecule has 2 rings (SSSR count). The van der Waals surface area contributed by atoms with Gasteiger partial charge in [0.2, 0.25) is 11.8 Å². The van der Waals surface area contributed by atoms with Crippen LogP contribution in [0.1, 0.15) is 49.4 Å². The van der Waals surface area contributed by atoms with E-state index in [-0.39, 0.29) is 23.8 Å². The Morgan fingerprint density at radius 1 is 1.18 bits per heavy atom. The summed E-state index contributed by atoms with van der Waals surface area (Å²) in [6.45, 7) is 9.15. The summed E-state index contributed by atoms with van der Waals surface area (Å²) in [7, 11) is 0. The standard InChI is InChI=1S/C18H26N2O2/c1-12-5-6-17(11-13(12)2)14(3)19-18(22)16-7-9-20(10-8-16)15(4)21/h5-6,11,14,16H,7-10H2,1-4H3,(H,19,22)/t14-/m1/s1. The quantitative estimate of drug-likeness (QED) is 0.933. The van der Waals surface area contributed by atoms with Crippen LogP contribution in [0.25, 0.3) is 0 Å². The van der Waals surface area contributed by atoms with Gasteiger partial charge in [-0.1, -0.05) is 18.2 Å². The molecule has 0 unspecified atom stereocenters. The maximum absolute atomic E-state index is 12.4. The molecule has 0 spiro atoms. The number of hydrogen-bond donors (Lipinski definition) is 1. The third-order valence-electron chi connectivity index (χ3n) is 4.70. The number of carbonyl (C=O) groups excluding carboxylic acids is 2. The van der Waals surface area contributed by atoms with E-state index < -0.39 is 0 Å². The predicted molar refractivity (Wildman–Crippen MR) is 87.5 cm³/mol. The van der Waals surface area contributed by atoms with Gasteiger partial charge in [-0.05, 0) is 50.3 Å². The van der Waals surface area contributed by atoms with Gasteiger partial charge in [-0.3, -0.25) is 9.59 Å². The molecule has 0 aliphatic carbocycles. The molecule has 2 amide bonds. The van der Waals surface area contributed by atoms with Gasteiger partial charge < -0.3 is 10.2 Å². The normalized spacial score (nSPS) is 17.2. The van der Waals surface area contributed by atoms with Gasteiger partial charge in [0.05, 0.1) is 6.04 Å². The molecular weight excluding hydrogens is 276 g/mol. The molecule has 1 N–H and O–H groups in total. The van der Waals surface area contributed by atoms with Gasteiger partial charge >= 0.3 is 0 Å². The zero-order chi connectivity index (χ0) is 16.3. The van der Waals surface area contributed by atoms with Gasteiger partial charge in [-0.2, -0.15) is 0 Å². The van der Waals surface area contributed by atoms with Crippen LogP contribution in [0.15, 0.2) is 18.2 Å². The average Bonchev–Trinajstić information content (AvgIpc) is 2.50. The van der Waals surface area contributed by atoms with Crippen molar-refractivity contribution < 1.29 is 9.59 Å². The second kappa shape index (κ2) is 6.95. The molecule has 1 atom stereocenters. The fourth-order valence-corrected chi connectivity index (χ4v) is 2.91. The molecule has 22 heavy (non-hydrogen) atoms. The molecule has 1 aromatic rings. The highest BCUT2D eigenvalue weighted by Gasteiger charge is 2.26. The maximum atomic E-state index is 12.4. The number of likely N-dealkylation sites (tertiary alicyclic amines) is 1. The van der Waals surface area contributed by atoms with Gasteiger partial charge in [0.25, 0.3) is 0 Å². The monoisotopic (exact) mass is 302 g/mol. The molecule has 120 valence electrons. The first-order chi connectivity index (χ1) is 10.4. The minimum absolute atomic E-state index is 0.0117. The van der Waals surface area contributed by atoms with Crippen LogP contribution in [-0.2, 0) is 9.59 Å². The Labute approximate surface area is 132 Å². The zero-order valence-corrected chi connectivity index (χ0v) is 14.0. The Kier molecular flexibility index (Phi) is 5.22. The molecule has 0 radical (unpaired) electrons. The lowest BCUT2D eigenvalue weighted by Crippen LogP contribution is -2.42. The summed E-state index contributed by atoms with van der Waals surface area (Å²) >= 11 is 0. The van der Waals surface area contributed by atoms with Crippen LogP contribution in [0.4, 0.5) is 0 Å². The number of piperidine rings is 1. The Balaban J connectivity index is 1.91. The smallest absolute Gasteiger partial charge is 0.223 e. The van der Waals surface area contributed by atoms with E-state index >= 15 is 0 Å². The molecule has 0 bridgehead atoms. The lowest BCUT2D eigenvalue weighted by Gasteiger charge is -2.31. The molecule has 0 aromatic heterocycles. The lowest BCUT2D eigenvalue weighted by atomic mass is 9.95. The topological polar surface area (TPSA) is 49.4 Å². The Hall–Kier alpha value is -1.84. The van der Waals surface area contributed by atoms with Crippen LogP contribution < -0.4 is 5.32 Å². The molecule has 1 fully saturated rings.